The first-order chi connectivity index (χ1) is 12.9. The molecule has 0 unspecified atom stereocenters. The summed E-state index contributed by atoms with van der Waals surface area (Å²) in [5.41, 5.74) is 0.435. The normalized spacial score (nSPS) is 17.5. The molecule has 1 aliphatic heterocycles. The van der Waals surface area contributed by atoms with Gasteiger partial charge in [-0.05, 0) is 36.0 Å². The number of esters is 1. The highest BCUT2D eigenvalue weighted by Crippen LogP contribution is 2.35. The van der Waals surface area contributed by atoms with Crippen LogP contribution in [0.15, 0.2) is 80.9 Å². The van der Waals surface area contributed by atoms with E-state index in [0.717, 1.165) is 22.7 Å². The summed E-state index contributed by atoms with van der Waals surface area (Å²) in [6, 6.07) is 16.1. The third-order valence-electron chi connectivity index (χ3n) is 3.51. The molecule has 0 radical (unpaired) electrons. The molecule has 1 fully saturated rings. The quantitative estimate of drug-likeness (QED) is 0.576. The van der Waals surface area contributed by atoms with Crippen molar-refractivity contribution in [2.24, 2.45) is 4.40 Å². The van der Waals surface area contributed by atoms with Gasteiger partial charge >= 0.3 is 5.97 Å². The van der Waals surface area contributed by atoms with Crippen LogP contribution in [0.3, 0.4) is 0 Å². The molecule has 1 heterocycles. The fourth-order valence-electron chi connectivity index (χ4n) is 2.25. The van der Waals surface area contributed by atoms with E-state index in [2.05, 4.69) is 9.13 Å². The molecule has 138 valence electrons. The van der Waals surface area contributed by atoms with Gasteiger partial charge in [-0.3, -0.25) is 9.69 Å². The van der Waals surface area contributed by atoms with E-state index in [-0.39, 0.29) is 15.0 Å². The SMILES string of the molecule is COC(=O)/C=C1/SC(=NS(=O)(=O)c2ccccc2)N(c2ccccc2)C1=O. The van der Waals surface area contributed by atoms with Gasteiger partial charge in [0, 0.05) is 6.08 Å². The Kier molecular flexibility index (Phi) is 5.43. The monoisotopic (exact) mass is 402 g/mol. The van der Waals surface area contributed by atoms with Crippen LogP contribution in [0, 0.1) is 0 Å². The predicted octanol–water partition coefficient (Wildman–Crippen LogP) is 2.57. The van der Waals surface area contributed by atoms with E-state index < -0.39 is 21.9 Å². The van der Waals surface area contributed by atoms with E-state index in [1.54, 1.807) is 48.5 Å². The second-order valence-electron chi connectivity index (χ2n) is 5.27. The highest BCUT2D eigenvalue weighted by atomic mass is 32.2. The van der Waals surface area contributed by atoms with Crippen molar-refractivity contribution in [2.45, 2.75) is 4.90 Å². The van der Waals surface area contributed by atoms with Crippen molar-refractivity contribution >= 4 is 44.5 Å². The number of ether oxygens (including phenoxy) is 1. The zero-order valence-corrected chi connectivity index (χ0v) is 15.7. The number of hydrogen-bond donors (Lipinski definition) is 0. The third kappa shape index (κ3) is 4.09. The van der Waals surface area contributed by atoms with E-state index in [1.807, 2.05) is 0 Å². The number of benzene rings is 2. The molecule has 0 aliphatic carbocycles. The fraction of sp³-hybridized carbons (Fsp3) is 0.0556. The maximum Gasteiger partial charge on any atom is 0.331 e. The van der Waals surface area contributed by atoms with Crippen LogP contribution in [0.5, 0.6) is 0 Å². The van der Waals surface area contributed by atoms with Crippen molar-refractivity contribution in [1.29, 1.82) is 0 Å². The molecule has 7 nitrogen and oxygen atoms in total. The third-order valence-corrected chi connectivity index (χ3v) is 5.88. The zero-order valence-electron chi connectivity index (χ0n) is 14.1. The van der Waals surface area contributed by atoms with Gasteiger partial charge in [0.05, 0.1) is 22.6 Å². The molecule has 1 aliphatic rings. The van der Waals surface area contributed by atoms with Crippen molar-refractivity contribution in [1.82, 2.24) is 0 Å². The first-order valence-electron chi connectivity index (χ1n) is 7.69. The minimum Gasteiger partial charge on any atom is -0.466 e. The minimum atomic E-state index is -4.04. The Morgan fingerprint density at radius 3 is 2.26 bits per heavy atom. The number of anilines is 1. The number of sulfonamides is 1. The summed E-state index contributed by atoms with van der Waals surface area (Å²) >= 11 is 0.794. The molecule has 0 saturated carbocycles. The van der Waals surface area contributed by atoms with E-state index in [0.29, 0.717) is 5.69 Å². The summed E-state index contributed by atoms with van der Waals surface area (Å²) in [6.07, 6.45) is 1.01. The van der Waals surface area contributed by atoms with Crippen LogP contribution in [0.1, 0.15) is 0 Å². The summed E-state index contributed by atoms with van der Waals surface area (Å²) in [4.78, 5) is 25.5. The van der Waals surface area contributed by atoms with Crippen LogP contribution in [-0.2, 0) is 24.3 Å². The van der Waals surface area contributed by atoms with Gasteiger partial charge in [0.2, 0.25) is 0 Å². The van der Waals surface area contributed by atoms with Crippen molar-refractivity contribution in [3.8, 4) is 0 Å². The molecule has 27 heavy (non-hydrogen) atoms. The summed E-state index contributed by atoms with van der Waals surface area (Å²) in [6.45, 7) is 0. The van der Waals surface area contributed by atoms with E-state index in [1.165, 1.54) is 19.2 Å². The first kappa shape index (κ1) is 18.9. The number of para-hydroxylation sites is 1. The highest BCUT2D eigenvalue weighted by Gasteiger charge is 2.36. The van der Waals surface area contributed by atoms with Crippen LogP contribution in [0.4, 0.5) is 5.69 Å². The number of methoxy groups -OCH3 is 1. The number of carbonyl (C=O) groups excluding carboxylic acids is 2. The summed E-state index contributed by atoms with van der Waals surface area (Å²) in [5.74, 6) is -1.27. The smallest absolute Gasteiger partial charge is 0.331 e. The molecule has 0 N–H and O–H groups in total. The molecule has 0 aromatic heterocycles. The molecule has 2 aromatic rings. The molecule has 9 heteroatoms. The Bertz CT molecular complexity index is 1030. The standard InChI is InChI=1S/C18H14N2O5S2/c1-25-16(21)12-15-17(22)20(13-8-4-2-5-9-13)18(26-15)19-27(23,24)14-10-6-3-7-11-14/h2-12H,1H3/b15-12+,19-18?. The number of amidine groups is 1. The van der Waals surface area contributed by atoms with Gasteiger partial charge in [0.1, 0.15) is 0 Å². The predicted molar refractivity (Wildman–Crippen MR) is 103 cm³/mol. The average molecular weight is 402 g/mol. The molecule has 0 spiro atoms. The van der Waals surface area contributed by atoms with Gasteiger partial charge in [-0.1, -0.05) is 36.4 Å². The van der Waals surface area contributed by atoms with Crippen LogP contribution in [-0.4, -0.2) is 32.6 Å². The van der Waals surface area contributed by atoms with Crippen molar-refractivity contribution in [3.05, 3.63) is 71.6 Å². The Balaban J connectivity index is 2.09. The summed E-state index contributed by atoms with van der Waals surface area (Å²) in [7, 11) is -2.85. The Morgan fingerprint density at radius 1 is 1.07 bits per heavy atom. The summed E-state index contributed by atoms with van der Waals surface area (Å²) in [5, 5.41) is -0.0646. The summed E-state index contributed by atoms with van der Waals surface area (Å²) < 4.78 is 33.6. The molecular formula is C18H14N2O5S2. The lowest BCUT2D eigenvalue weighted by molar-refractivity contribution is -0.135. The maximum atomic E-state index is 12.7. The van der Waals surface area contributed by atoms with E-state index >= 15 is 0 Å². The lowest BCUT2D eigenvalue weighted by atomic mass is 10.3. The number of thioether (sulfide) groups is 1. The largest absolute Gasteiger partial charge is 0.466 e. The topological polar surface area (TPSA) is 93.1 Å². The Hall–Kier alpha value is -2.91. The van der Waals surface area contributed by atoms with Crippen LogP contribution in [0.25, 0.3) is 0 Å². The average Bonchev–Trinajstić information content (AvgIpc) is 2.97. The van der Waals surface area contributed by atoms with Crippen molar-refractivity contribution in [2.75, 3.05) is 12.0 Å². The number of carbonyl (C=O) groups is 2. The van der Waals surface area contributed by atoms with Gasteiger partial charge in [-0.25, -0.2) is 4.79 Å². The lowest BCUT2D eigenvalue weighted by Gasteiger charge is -2.15. The van der Waals surface area contributed by atoms with Gasteiger partial charge in [-0.2, -0.15) is 8.42 Å². The molecule has 1 saturated heterocycles. The number of hydrogen-bond acceptors (Lipinski definition) is 6. The number of rotatable bonds is 4. The zero-order chi connectivity index (χ0) is 19.4. The van der Waals surface area contributed by atoms with Gasteiger partial charge in [0.25, 0.3) is 15.9 Å². The van der Waals surface area contributed by atoms with Gasteiger partial charge in [0.15, 0.2) is 5.17 Å². The molecule has 0 bridgehead atoms. The van der Waals surface area contributed by atoms with Crippen LogP contribution >= 0.6 is 11.8 Å². The molecule has 3 rings (SSSR count). The molecule has 2 aromatic carbocycles. The van der Waals surface area contributed by atoms with E-state index in [4.69, 9.17) is 0 Å². The number of nitrogens with zero attached hydrogens (tertiary/aromatic N) is 2. The highest BCUT2D eigenvalue weighted by molar-refractivity contribution is 8.19. The van der Waals surface area contributed by atoms with Gasteiger partial charge in [-0.15, -0.1) is 4.40 Å². The first-order valence-corrected chi connectivity index (χ1v) is 9.95. The second kappa shape index (κ2) is 7.77. The number of amides is 1. The van der Waals surface area contributed by atoms with E-state index in [9.17, 15) is 18.0 Å². The van der Waals surface area contributed by atoms with Gasteiger partial charge < -0.3 is 4.74 Å². The Morgan fingerprint density at radius 2 is 1.67 bits per heavy atom. The Labute approximate surface area is 160 Å². The second-order valence-corrected chi connectivity index (χ2v) is 7.89. The fourth-order valence-corrected chi connectivity index (χ4v) is 4.40. The lowest BCUT2D eigenvalue weighted by Crippen LogP contribution is -2.29. The van der Waals surface area contributed by atoms with Crippen LogP contribution in [0.2, 0.25) is 0 Å². The van der Waals surface area contributed by atoms with Crippen molar-refractivity contribution in [3.63, 3.8) is 0 Å². The molecule has 0 atom stereocenters. The molecule has 1 amide bonds. The molecular weight excluding hydrogens is 388 g/mol. The van der Waals surface area contributed by atoms with Crippen molar-refractivity contribution < 1.29 is 22.7 Å². The maximum absolute atomic E-state index is 12.7. The van der Waals surface area contributed by atoms with Crippen LogP contribution < -0.4 is 4.90 Å². The minimum absolute atomic E-state index is 0.00366.